The number of hydrogen-bond acceptors (Lipinski definition) is 3. The summed E-state index contributed by atoms with van der Waals surface area (Å²) >= 11 is 0. The number of anilines is 2. The number of aryl methyl sites for hydroxylation is 2. The van der Waals surface area contributed by atoms with Crippen LogP contribution >= 0.6 is 0 Å². The molecular weight excluding hydrogens is 252 g/mol. The lowest BCUT2D eigenvalue weighted by atomic mass is 10.1. The number of nitrogens with zero attached hydrogens (tertiary/aromatic N) is 2. The number of benzene rings is 1. The van der Waals surface area contributed by atoms with Crippen molar-refractivity contribution in [2.45, 2.75) is 19.3 Å². The maximum absolute atomic E-state index is 11.5. The zero-order valence-electron chi connectivity index (χ0n) is 11.3. The molecule has 2 aromatic rings. The summed E-state index contributed by atoms with van der Waals surface area (Å²) in [5, 5.41) is 9.43. The SMILES string of the molecule is CN(c1ccccc1)c1nc2c(cc1C(=O)O)CCC2. The maximum Gasteiger partial charge on any atom is 0.339 e. The normalized spacial score (nSPS) is 13.1. The lowest BCUT2D eigenvalue weighted by molar-refractivity contribution is 0.0697. The fourth-order valence-corrected chi connectivity index (χ4v) is 2.65. The van der Waals surface area contributed by atoms with Gasteiger partial charge in [0.25, 0.3) is 0 Å². The Morgan fingerprint density at radius 1 is 1.25 bits per heavy atom. The third-order valence-corrected chi connectivity index (χ3v) is 3.72. The standard InChI is InChI=1S/C16H16N2O2/c1-18(12-7-3-2-4-8-12)15-13(16(19)20)10-11-6-5-9-14(11)17-15/h2-4,7-8,10H,5-6,9H2,1H3,(H,19,20). The predicted octanol–water partition coefficient (Wildman–Crippen LogP) is 3.04. The molecule has 0 unspecified atom stereocenters. The van der Waals surface area contributed by atoms with Gasteiger partial charge in [0, 0.05) is 18.4 Å². The summed E-state index contributed by atoms with van der Waals surface area (Å²) in [5.74, 6) is -0.408. The minimum Gasteiger partial charge on any atom is -0.478 e. The number of pyridine rings is 1. The van der Waals surface area contributed by atoms with Gasteiger partial charge in [-0.05, 0) is 43.0 Å². The van der Waals surface area contributed by atoms with Gasteiger partial charge in [-0.25, -0.2) is 9.78 Å². The fourth-order valence-electron chi connectivity index (χ4n) is 2.65. The zero-order chi connectivity index (χ0) is 14.1. The van der Waals surface area contributed by atoms with E-state index in [0.717, 1.165) is 36.2 Å². The summed E-state index contributed by atoms with van der Waals surface area (Å²) in [6.45, 7) is 0. The summed E-state index contributed by atoms with van der Waals surface area (Å²) in [7, 11) is 1.85. The van der Waals surface area contributed by atoms with E-state index >= 15 is 0 Å². The van der Waals surface area contributed by atoms with Crippen LogP contribution in [0.2, 0.25) is 0 Å². The van der Waals surface area contributed by atoms with Crippen molar-refractivity contribution in [2.75, 3.05) is 11.9 Å². The second-order valence-electron chi connectivity index (χ2n) is 5.02. The van der Waals surface area contributed by atoms with E-state index in [-0.39, 0.29) is 5.56 Å². The summed E-state index contributed by atoms with van der Waals surface area (Å²) < 4.78 is 0. The van der Waals surface area contributed by atoms with E-state index in [9.17, 15) is 9.90 Å². The molecule has 4 nitrogen and oxygen atoms in total. The molecule has 0 spiro atoms. The van der Waals surface area contributed by atoms with Crippen LogP contribution < -0.4 is 4.90 Å². The number of para-hydroxylation sites is 1. The van der Waals surface area contributed by atoms with Gasteiger partial charge in [-0.15, -0.1) is 0 Å². The molecule has 0 saturated heterocycles. The Kier molecular flexibility index (Phi) is 3.14. The third kappa shape index (κ3) is 2.13. The average molecular weight is 268 g/mol. The Bertz CT molecular complexity index is 653. The highest BCUT2D eigenvalue weighted by Gasteiger charge is 2.22. The first-order valence-electron chi connectivity index (χ1n) is 6.71. The monoisotopic (exact) mass is 268 g/mol. The minimum absolute atomic E-state index is 0.275. The van der Waals surface area contributed by atoms with E-state index in [1.807, 2.05) is 42.3 Å². The van der Waals surface area contributed by atoms with Crippen molar-refractivity contribution in [3.05, 3.63) is 53.2 Å². The van der Waals surface area contributed by atoms with Gasteiger partial charge < -0.3 is 10.0 Å². The number of fused-ring (bicyclic) bond motifs is 1. The number of aromatic carboxylic acids is 1. The van der Waals surface area contributed by atoms with Gasteiger partial charge in [-0.2, -0.15) is 0 Å². The van der Waals surface area contributed by atoms with Crippen LogP contribution in [0, 0.1) is 0 Å². The molecule has 1 aliphatic rings. The average Bonchev–Trinajstić information content (AvgIpc) is 2.93. The minimum atomic E-state index is -0.926. The Morgan fingerprint density at radius 3 is 2.70 bits per heavy atom. The van der Waals surface area contributed by atoms with Gasteiger partial charge in [-0.1, -0.05) is 18.2 Å². The van der Waals surface area contributed by atoms with Crippen LogP contribution in [0.3, 0.4) is 0 Å². The van der Waals surface area contributed by atoms with Crippen molar-refractivity contribution in [1.82, 2.24) is 4.98 Å². The van der Waals surface area contributed by atoms with Crippen molar-refractivity contribution in [3.63, 3.8) is 0 Å². The number of carboxylic acid groups (broad SMARTS) is 1. The Morgan fingerprint density at radius 2 is 2.00 bits per heavy atom. The fraction of sp³-hybridized carbons (Fsp3) is 0.250. The van der Waals surface area contributed by atoms with Crippen LogP contribution in [0.15, 0.2) is 36.4 Å². The van der Waals surface area contributed by atoms with Crippen LogP contribution in [-0.4, -0.2) is 23.1 Å². The second-order valence-corrected chi connectivity index (χ2v) is 5.02. The maximum atomic E-state index is 11.5. The predicted molar refractivity (Wildman–Crippen MR) is 77.7 cm³/mol. The molecule has 0 saturated carbocycles. The first-order chi connectivity index (χ1) is 9.66. The van der Waals surface area contributed by atoms with Crippen LogP contribution in [0.4, 0.5) is 11.5 Å². The van der Waals surface area contributed by atoms with E-state index in [1.165, 1.54) is 0 Å². The molecule has 1 aromatic carbocycles. The van der Waals surface area contributed by atoms with Crippen molar-refractivity contribution >= 4 is 17.5 Å². The summed E-state index contributed by atoms with van der Waals surface area (Å²) in [4.78, 5) is 17.9. The highest BCUT2D eigenvalue weighted by Crippen LogP contribution is 2.30. The van der Waals surface area contributed by atoms with Gasteiger partial charge >= 0.3 is 5.97 Å². The zero-order valence-corrected chi connectivity index (χ0v) is 11.3. The first kappa shape index (κ1) is 12.7. The second kappa shape index (κ2) is 4.96. The van der Waals surface area contributed by atoms with Gasteiger partial charge in [0.05, 0.1) is 0 Å². The van der Waals surface area contributed by atoms with E-state index in [2.05, 4.69) is 4.98 Å². The first-order valence-corrected chi connectivity index (χ1v) is 6.71. The lowest BCUT2D eigenvalue weighted by Crippen LogP contribution is -2.17. The van der Waals surface area contributed by atoms with Gasteiger partial charge in [-0.3, -0.25) is 0 Å². The van der Waals surface area contributed by atoms with Crippen molar-refractivity contribution < 1.29 is 9.90 Å². The van der Waals surface area contributed by atoms with Gasteiger partial charge in [0.2, 0.25) is 0 Å². The summed E-state index contributed by atoms with van der Waals surface area (Å²) in [5.41, 5.74) is 3.32. The highest BCUT2D eigenvalue weighted by atomic mass is 16.4. The molecule has 3 rings (SSSR count). The largest absolute Gasteiger partial charge is 0.478 e. The van der Waals surface area contributed by atoms with Crippen LogP contribution in [-0.2, 0) is 12.8 Å². The Hall–Kier alpha value is -2.36. The summed E-state index contributed by atoms with van der Waals surface area (Å²) in [6, 6.07) is 11.5. The highest BCUT2D eigenvalue weighted by molar-refractivity contribution is 5.94. The number of carbonyl (C=O) groups is 1. The van der Waals surface area contributed by atoms with Gasteiger partial charge in [0.15, 0.2) is 0 Å². The molecule has 1 N–H and O–H groups in total. The van der Waals surface area contributed by atoms with Crippen LogP contribution in [0.1, 0.15) is 28.0 Å². The van der Waals surface area contributed by atoms with E-state index in [4.69, 9.17) is 0 Å². The number of aromatic nitrogens is 1. The molecule has 20 heavy (non-hydrogen) atoms. The molecule has 1 heterocycles. The Labute approximate surface area is 117 Å². The van der Waals surface area contributed by atoms with Crippen molar-refractivity contribution in [2.24, 2.45) is 0 Å². The molecule has 0 amide bonds. The van der Waals surface area contributed by atoms with Gasteiger partial charge in [0.1, 0.15) is 11.4 Å². The molecule has 0 radical (unpaired) electrons. The van der Waals surface area contributed by atoms with Crippen molar-refractivity contribution in [1.29, 1.82) is 0 Å². The van der Waals surface area contributed by atoms with E-state index in [1.54, 1.807) is 6.07 Å². The lowest BCUT2D eigenvalue weighted by Gasteiger charge is -2.21. The van der Waals surface area contributed by atoms with Crippen LogP contribution in [0.25, 0.3) is 0 Å². The molecule has 0 aliphatic heterocycles. The third-order valence-electron chi connectivity index (χ3n) is 3.72. The molecule has 1 aromatic heterocycles. The summed E-state index contributed by atoms with van der Waals surface area (Å²) in [6.07, 6.45) is 2.92. The van der Waals surface area contributed by atoms with Crippen molar-refractivity contribution in [3.8, 4) is 0 Å². The number of carboxylic acids is 1. The number of rotatable bonds is 3. The molecule has 0 bridgehead atoms. The van der Waals surface area contributed by atoms with E-state index in [0.29, 0.717) is 5.82 Å². The molecule has 1 aliphatic carbocycles. The Balaban J connectivity index is 2.10. The molecule has 4 heteroatoms. The molecule has 0 atom stereocenters. The smallest absolute Gasteiger partial charge is 0.339 e. The van der Waals surface area contributed by atoms with Crippen LogP contribution in [0.5, 0.6) is 0 Å². The molecular formula is C16H16N2O2. The van der Waals surface area contributed by atoms with E-state index < -0.39 is 5.97 Å². The molecule has 102 valence electrons. The quantitative estimate of drug-likeness (QED) is 0.929. The number of hydrogen-bond donors (Lipinski definition) is 1. The molecule has 0 fully saturated rings. The topological polar surface area (TPSA) is 53.4 Å².